The Bertz CT molecular complexity index is 603. The molecule has 0 bridgehead atoms. The van der Waals surface area contributed by atoms with Gasteiger partial charge in [-0.15, -0.1) is 0 Å². The SMILES string of the molecule is CSCCC(NC(=O)C(C)NC(=O)C(N)CO)C(=O)NC(CCC(=O)O)C(=O)O. The zero-order chi connectivity index (χ0) is 22.6. The Morgan fingerprint density at radius 2 is 1.52 bits per heavy atom. The number of hydrogen-bond acceptors (Lipinski definition) is 8. The molecule has 166 valence electrons. The van der Waals surface area contributed by atoms with Crippen LogP contribution in [0.3, 0.4) is 0 Å². The summed E-state index contributed by atoms with van der Waals surface area (Å²) in [5, 5.41) is 33.6. The van der Waals surface area contributed by atoms with E-state index in [0.717, 1.165) is 0 Å². The highest BCUT2D eigenvalue weighted by Crippen LogP contribution is 2.05. The van der Waals surface area contributed by atoms with Gasteiger partial charge in [-0.3, -0.25) is 19.2 Å². The van der Waals surface area contributed by atoms with Crippen molar-refractivity contribution in [2.24, 2.45) is 5.73 Å². The van der Waals surface area contributed by atoms with E-state index in [1.807, 2.05) is 0 Å². The van der Waals surface area contributed by atoms with Gasteiger partial charge in [-0.25, -0.2) is 4.79 Å². The number of aliphatic hydroxyl groups excluding tert-OH is 1. The largest absolute Gasteiger partial charge is 0.481 e. The standard InChI is InChI=1S/C16H28N4O8S/c1-8(18-14(25)9(17)7-21)13(24)19-10(5-6-29-2)15(26)20-11(16(27)28)3-4-12(22)23/h8-11,21H,3-7,17H2,1-2H3,(H,18,25)(H,19,24)(H,20,26)(H,22,23)(H,27,28). The molecule has 0 aliphatic carbocycles. The van der Waals surface area contributed by atoms with Gasteiger partial charge in [0.2, 0.25) is 17.7 Å². The number of hydrogen-bond donors (Lipinski definition) is 7. The Morgan fingerprint density at radius 3 is 2.00 bits per heavy atom. The maximum Gasteiger partial charge on any atom is 0.326 e. The van der Waals surface area contributed by atoms with Crippen LogP contribution >= 0.6 is 11.8 Å². The predicted molar refractivity (Wildman–Crippen MR) is 104 cm³/mol. The Hall–Kier alpha value is -2.38. The van der Waals surface area contributed by atoms with Crippen LogP contribution in [0.15, 0.2) is 0 Å². The molecular weight excluding hydrogens is 408 g/mol. The molecule has 0 rings (SSSR count). The van der Waals surface area contributed by atoms with Crippen LogP contribution in [-0.2, 0) is 24.0 Å². The second-order valence-electron chi connectivity index (χ2n) is 6.19. The molecule has 0 aromatic carbocycles. The summed E-state index contributed by atoms with van der Waals surface area (Å²) in [5.74, 6) is -4.36. The van der Waals surface area contributed by atoms with E-state index in [9.17, 15) is 24.0 Å². The number of aliphatic hydroxyl groups is 1. The molecule has 0 saturated heterocycles. The molecule has 0 fully saturated rings. The van der Waals surface area contributed by atoms with E-state index in [1.165, 1.54) is 18.7 Å². The quantitative estimate of drug-likeness (QED) is 0.152. The lowest BCUT2D eigenvalue weighted by Gasteiger charge is -2.23. The number of nitrogens with two attached hydrogens (primary N) is 1. The third kappa shape index (κ3) is 10.7. The summed E-state index contributed by atoms with van der Waals surface area (Å²) >= 11 is 1.40. The number of carboxylic acid groups (broad SMARTS) is 2. The van der Waals surface area contributed by atoms with E-state index in [-0.39, 0.29) is 12.8 Å². The third-order valence-corrected chi connectivity index (χ3v) is 4.43. The fourth-order valence-corrected chi connectivity index (χ4v) is 2.54. The van der Waals surface area contributed by atoms with Crippen molar-refractivity contribution in [2.45, 2.75) is 50.4 Å². The monoisotopic (exact) mass is 436 g/mol. The zero-order valence-electron chi connectivity index (χ0n) is 16.2. The molecule has 0 saturated carbocycles. The Balaban J connectivity index is 5.05. The number of carboxylic acids is 2. The minimum absolute atomic E-state index is 0.181. The van der Waals surface area contributed by atoms with Gasteiger partial charge in [0.05, 0.1) is 6.61 Å². The third-order valence-electron chi connectivity index (χ3n) is 3.79. The predicted octanol–water partition coefficient (Wildman–Crippen LogP) is -2.52. The van der Waals surface area contributed by atoms with Crippen molar-refractivity contribution in [1.82, 2.24) is 16.0 Å². The summed E-state index contributed by atoms with van der Waals surface area (Å²) in [7, 11) is 0. The molecule has 4 atom stereocenters. The summed E-state index contributed by atoms with van der Waals surface area (Å²) in [6, 6.07) is -4.78. The molecule has 0 spiro atoms. The highest BCUT2D eigenvalue weighted by atomic mass is 32.2. The topological polar surface area (TPSA) is 208 Å². The van der Waals surface area contributed by atoms with Gasteiger partial charge in [-0.2, -0.15) is 11.8 Å². The fraction of sp³-hybridized carbons (Fsp3) is 0.688. The van der Waals surface area contributed by atoms with Crippen LogP contribution in [0.2, 0.25) is 0 Å². The van der Waals surface area contributed by atoms with Gasteiger partial charge in [0, 0.05) is 6.42 Å². The highest BCUT2D eigenvalue weighted by molar-refractivity contribution is 7.98. The molecule has 0 radical (unpaired) electrons. The molecular formula is C16H28N4O8S. The smallest absolute Gasteiger partial charge is 0.326 e. The molecule has 8 N–H and O–H groups in total. The van der Waals surface area contributed by atoms with Crippen molar-refractivity contribution in [1.29, 1.82) is 0 Å². The molecule has 0 aliphatic heterocycles. The first kappa shape index (κ1) is 26.6. The van der Waals surface area contributed by atoms with E-state index in [4.69, 9.17) is 21.1 Å². The molecule has 0 aromatic heterocycles. The molecule has 4 unspecified atom stereocenters. The molecule has 12 nitrogen and oxygen atoms in total. The van der Waals surface area contributed by atoms with Crippen LogP contribution in [0.5, 0.6) is 0 Å². The van der Waals surface area contributed by atoms with E-state index < -0.39 is 66.9 Å². The number of rotatable bonds is 14. The van der Waals surface area contributed by atoms with Crippen molar-refractivity contribution in [2.75, 3.05) is 18.6 Å². The van der Waals surface area contributed by atoms with Crippen molar-refractivity contribution >= 4 is 41.4 Å². The number of carbonyl (C=O) groups excluding carboxylic acids is 3. The van der Waals surface area contributed by atoms with Gasteiger partial charge >= 0.3 is 11.9 Å². The van der Waals surface area contributed by atoms with E-state index in [1.54, 1.807) is 6.26 Å². The average Bonchev–Trinajstić information content (AvgIpc) is 2.66. The summed E-state index contributed by atoms with van der Waals surface area (Å²) in [4.78, 5) is 58.3. The molecule has 0 aliphatic rings. The lowest BCUT2D eigenvalue weighted by atomic mass is 10.1. The van der Waals surface area contributed by atoms with Gasteiger partial charge in [0.15, 0.2) is 0 Å². The van der Waals surface area contributed by atoms with Crippen LogP contribution in [0.25, 0.3) is 0 Å². The van der Waals surface area contributed by atoms with Crippen LogP contribution in [-0.4, -0.2) is 87.8 Å². The lowest BCUT2D eigenvalue weighted by Crippen LogP contribution is -2.56. The zero-order valence-corrected chi connectivity index (χ0v) is 17.0. The lowest BCUT2D eigenvalue weighted by molar-refractivity contribution is -0.143. The Kier molecular flexibility index (Phi) is 12.6. The second kappa shape index (κ2) is 13.7. The first-order valence-corrected chi connectivity index (χ1v) is 10.1. The normalized spacial score (nSPS) is 14.8. The van der Waals surface area contributed by atoms with Gasteiger partial charge < -0.3 is 37.0 Å². The first-order valence-electron chi connectivity index (χ1n) is 8.74. The minimum atomic E-state index is -1.42. The summed E-state index contributed by atoms with van der Waals surface area (Å²) in [6.45, 7) is 0.750. The van der Waals surface area contributed by atoms with Crippen LogP contribution in [0.4, 0.5) is 0 Å². The van der Waals surface area contributed by atoms with Gasteiger partial charge in [0.1, 0.15) is 24.2 Å². The summed E-state index contributed by atoms with van der Waals surface area (Å²) < 4.78 is 0. The molecule has 0 aromatic rings. The number of aliphatic carboxylic acids is 2. The number of nitrogens with one attached hydrogen (secondary N) is 3. The maximum absolute atomic E-state index is 12.5. The number of amides is 3. The summed E-state index contributed by atoms with van der Waals surface area (Å²) in [5.41, 5.74) is 5.36. The van der Waals surface area contributed by atoms with Crippen LogP contribution in [0, 0.1) is 0 Å². The number of carbonyl (C=O) groups is 5. The van der Waals surface area contributed by atoms with Gasteiger partial charge in [-0.05, 0) is 31.8 Å². The van der Waals surface area contributed by atoms with E-state index in [2.05, 4.69) is 16.0 Å². The second-order valence-corrected chi connectivity index (χ2v) is 7.18. The van der Waals surface area contributed by atoms with Crippen LogP contribution < -0.4 is 21.7 Å². The Labute approximate surface area is 172 Å². The molecule has 0 heterocycles. The molecule has 3 amide bonds. The fourth-order valence-electron chi connectivity index (χ4n) is 2.07. The van der Waals surface area contributed by atoms with Gasteiger partial charge in [0.25, 0.3) is 0 Å². The van der Waals surface area contributed by atoms with Crippen molar-refractivity contribution in [3.63, 3.8) is 0 Å². The number of thioether (sulfide) groups is 1. The first-order chi connectivity index (χ1) is 13.5. The maximum atomic E-state index is 12.5. The minimum Gasteiger partial charge on any atom is -0.481 e. The summed E-state index contributed by atoms with van der Waals surface area (Å²) in [6.07, 6.45) is 1.20. The highest BCUT2D eigenvalue weighted by Gasteiger charge is 2.28. The van der Waals surface area contributed by atoms with E-state index >= 15 is 0 Å². The van der Waals surface area contributed by atoms with Gasteiger partial charge in [-0.1, -0.05) is 0 Å². The average molecular weight is 436 g/mol. The van der Waals surface area contributed by atoms with Crippen molar-refractivity contribution < 1.29 is 39.3 Å². The molecule has 13 heteroatoms. The van der Waals surface area contributed by atoms with Crippen LogP contribution in [0.1, 0.15) is 26.2 Å². The van der Waals surface area contributed by atoms with Crippen molar-refractivity contribution in [3.8, 4) is 0 Å². The molecule has 29 heavy (non-hydrogen) atoms. The van der Waals surface area contributed by atoms with E-state index in [0.29, 0.717) is 5.75 Å². The van der Waals surface area contributed by atoms with Crippen molar-refractivity contribution in [3.05, 3.63) is 0 Å². The Morgan fingerprint density at radius 1 is 0.931 bits per heavy atom.